The minimum Gasteiger partial charge on any atom is -0.454 e. The summed E-state index contributed by atoms with van der Waals surface area (Å²) in [6, 6.07) is 26.8. The van der Waals surface area contributed by atoms with Gasteiger partial charge in [-0.2, -0.15) is 13.2 Å². The lowest BCUT2D eigenvalue weighted by Crippen LogP contribution is -2.51. The van der Waals surface area contributed by atoms with Crippen molar-refractivity contribution in [1.29, 1.82) is 0 Å². The lowest BCUT2D eigenvalue weighted by molar-refractivity contribution is -0.143. The molecule has 0 N–H and O–H groups in total. The predicted octanol–water partition coefficient (Wildman–Crippen LogP) is 6.35. The number of amides is 3. The van der Waals surface area contributed by atoms with Crippen LogP contribution in [-0.4, -0.2) is 104 Å². The van der Waals surface area contributed by atoms with Gasteiger partial charge in [0.2, 0.25) is 24.5 Å². The van der Waals surface area contributed by atoms with E-state index in [-0.39, 0.29) is 31.6 Å². The molecule has 1 atom stereocenters. The van der Waals surface area contributed by atoms with Crippen LogP contribution in [0.1, 0.15) is 34.7 Å². The van der Waals surface area contributed by atoms with Crippen LogP contribution < -0.4 is 14.4 Å². The van der Waals surface area contributed by atoms with E-state index in [0.717, 1.165) is 34.5 Å². The summed E-state index contributed by atoms with van der Waals surface area (Å²) in [5.41, 5.74) is 3.33. The summed E-state index contributed by atoms with van der Waals surface area (Å²) in [4.78, 5) is 50.0. The number of ether oxygens (including phenoxy) is 2. The topological polar surface area (TPSA) is 85.9 Å². The zero-order chi connectivity index (χ0) is 40.5. The molecule has 0 bridgehead atoms. The third-order valence-electron chi connectivity index (χ3n) is 10.3. The molecule has 10 nitrogen and oxygen atoms in total. The van der Waals surface area contributed by atoms with Crippen LogP contribution in [0.15, 0.2) is 103 Å². The summed E-state index contributed by atoms with van der Waals surface area (Å²) in [5, 5.41) is 0. The van der Waals surface area contributed by atoms with Crippen molar-refractivity contribution in [2.75, 3.05) is 65.1 Å². The molecule has 1 fully saturated rings. The summed E-state index contributed by atoms with van der Waals surface area (Å²) in [6.07, 6.45) is -1.45. The zero-order valence-electron chi connectivity index (χ0n) is 32.5. The Morgan fingerprint density at radius 2 is 1.44 bits per heavy atom. The summed E-state index contributed by atoms with van der Waals surface area (Å²) in [7, 11) is 3.70. The lowest BCUT2D eigenvalue weighted by atomic mass is 10.0. The molecule has 0 radical (unpaired) electrons. The monoisotopic (exact) mass is 783 g/mol. The van der Waals surface area contributed by atoms with Crippen molar-refractivity contribution in [3.8, 4) is 11.5 Å². The van der Waals surface area contributed by atoms with Gasteiger partial charge < -0.3 is 34.0 Å². The van der Waals surface area contributed by atoms with Crippen LogP contribution in [-0.2, 0) is 40.1 Å². The van der Waals surface area contributed by atoms with Crippen molar-refractivity contribution in [3.05, 3.63) is 131 Å². The molecular weight excluding hydrogens is 736 g/mol. The van der Waals surface area contributed by atoms with Crippen LogP contribution in [0.4, 0.5) is 18.9 Å². The van der Waals surface area contributed by atoms with E-state index in [1.807, 2.05) is 84.7 Å². The molecule has 57 heavy (non-hydrogen) atoms. The van der Waals surface area contributed by atoms with E-state index in [1.165, 1.54) is 24.3 Å². The largest absolute Gasteiger partial charge is 0.454 e. The average molecular weight is 784 g/mol. The first-order chi connectivity index (χ1) is 27.3. The first-order valence-corrected chi connectivity index (χ1v) is 19.0. The molecule has 2 aliphatic heterocycles. The van der Waals surface area contributed by atoms with Crippen LogP contribution in [0.5, 0.6) is 11.5 Å². The number of anilines is 1. The smallest absolute Gasteiger partial charge is 0.416 e. The number of piperazine rings is 1. The first-order valence-electron chi connectivity index (χ1n) is 19.0. The van der Waals surface area contributed by atoms with E-state index in [1.54, 1.807) is 23.8 Å². The van der Waals surface area contributed by atoms with Gasteiger partial charge in [0.25, 0.3) is 0 Å². The molecule has 4 aromatic rings. The molecule has 300 valence electrons. The fourth-order valence-electron chi connectivity index (χ4n) is 6.96. The van der Waals surface area contributed by atoms with E-state index in [2.05, 4.69) is 9.80 Å². The van der Waals surface area contributed by atoms with Crippen LogP contribution in [0, 0.1) is 0 Å². The molecular formula is C44H48F3N5O5. The van der Waals surface area contributed by atoms with Crippen LogP contribution in [0.25, 0.3) is 6.08 Å². The maximum absolute atomic E-state index is 14.5. The lowest BCUT2D eigenvalue weighted by Gasteiger charge is -2.36. The highest BCUT2D eigenvalue weighted by atomic mass is 19.4. The van der Waals surface area contributed by atoms with Crippen molar-refractivity contribution in [2.24, 2.45) is 0 Å². The molecule has 1 saturated heterocycles. The molecule has 2 aliphatic rings. The van der Waals surface area contributed by atoms with E-state index in [4.69, 9.17) is 9.47 Å². The van der Waals surface area contributed by atoms with Crippen LogP contribution >= 0.6 is 0 Å². The third-order valence-corrected chi connectivity index (χ3v) is 10.3. The fourth-order valence-corrected chi connectivity index (χ4v) is 6.96. The van der Waals surface area contributed by atoms with E-state index < -0.39 is 23.7 Å². The molecule has 0 aliphatic carbocycles. The standard InChI is InChI=1S/C44H48F3N5O5/c1-32(53)50-23-25-51(26-24-50)38-17-11-35(12-18-38)30-52(42(54)20-14-33-9-15-37(16-10-33)44(45,46)47)39(27-34-7-5-4-6-8-34)43(55)49(3)22-21-48(2)29-36-13-19-40-41(28-36)57-31-56-40/h4-20,28,39H,21-27,29-31H2,1-3H3/b20-14+/t39-/m0/s1. The Labute approximate surface area is 331 Å². The van der Waals surface area contributed by atoms with Gasteiger partial charge >= 0.3 is 6.18 Å². The Balaban J connectivity index is 1.23. The summed E-state index contributed by atoms with van der Waals surface area (Å²) >= 11 is 0. The van der Waals surface area contributed by atoms with Crippen molar-refractivity contribution in [2.45, 2.75) is 38.7 Å². The molecule has 0 unspecified atom stereocenters. The molecule has 3 amide bonds. The highest BCUT2D eigenvalue weighted by molar-refractivity contribution is 5.95. The zero-order valence-corrected chi connectivity index (χ0v) is 32.5. The minimum atomic E-state index is -4.48. The molecule has 0 spiro atoms. The molecule has 2 heterocycles. The van der Waals surface area contributed by atoms with Crippen molar-refractivity contribution >= 4 is 29.5 Å². The molecule has 6 rings (SSSR count). The fraction of sp³-hybridized carbons (Fsp3) is 0.341. The highest BCUT2D eigenvalue weighted by Crippen LogP contribution is 2.33. The average Bonchev–Trinajstić information content (AvgIpc) is 3.69. The molecule has 0 aromatic heterocycles. The van der Waals surface area contributed by atoms with Gasteiger partial charge in [0.05, 0.1) is 5.56 Å². The third kappa shape index (κ3) is 10.9. The van der Waals surface area contributed by atoms with Gasteiger partial charge in [-0.1, -0.05) is 60.7 Å². The number of halogens is 3. The first kappa shape index (κ1) is 40.8. The summed E-state index contributed by atoms with van der Waals surface area (Å²) in [5.74, 6) is 0.773. The van der Waals surface area contributed by atoms with Gasteiger partial charge in [0.1, 0.15) is 6.04 Å². The number of fused-ring (bicyclic) bond motifs is 1. The Morgan fingerprint density at radius 3 is 2.11 bits per heavy atom. The number of likely N-dealkylation sites (N-methyl/N-ethyl adjacent to an activating group) is 2. The summed E-state index contributed by atoms with van der Waals surface area (Å²) < 4.78 is 50.6. The van der Waals surface area contributed by atoms with E-state index in [0.29, 0.717) is 62.9 Å². The SMILES string of the molecule is CC(=O)N1CCN(c2ccc(CN(C(=O)/C=C/c3ccc(C(F)(F)F)cc3)[C@@H](Cc3ccccc3)C(=O)N(C)CCN(C)Cc3ccc4c(c3)OCO4)cc2)CC1. The van der Waals surface area contributed by atoms with E-state index in [9.17, 15) is 27.6 Å². The number of alkyl halides is 3. The van der Waals surface area contributed by atoms with Crippen molar-refractivity contribution in [1.82, 2.24) is 19.6 Å². The van der Waals surface area contributed by atoms with Crippen molar-refractivity contribution in [3.63, 3.8) is 0 Å². The number of hydrogen-bond acceptors (Lipinski definition) is 7. The van der Waals surface area contributed by atoms with Crippen molar-refractivity contribution < 1.29 is 37.0 Å². The number of benzene rings is 4. The predicted molar refractivity (Wildman–Crippen MR) is 212 cm³/mol. The number of carbonyl (C=O) groups is 3. The van der Waals surface area contributed by atoms with Gasteiger partial charge in [-0.3, -0.25) is 14.4 Å². The maximum Gasteiger partial charge on any atom is 0.416 e. The second kappa shape index (κ2) is 18.4. The minimum absolute atomic E-state index is 0.0562. The number of hydrogen-bond donors (Lipinski definition) is 0. The second-order valence-electron chi connectivity index (χ2n) is 14.5. The molecule has 0 saturated carbocycles. The van der Waals surface area contributed by atoms with Gasteiger partial charge in [0.15, 0.2) is 11.5 Å². The quantitative estimate of drug-likeness (QED) is 0.138. The number of nitrogens with zero attached hydrogens (tertiary/aromatic N) is 5. The van der Waals surface area contributed by atoms with E-state index >= 15 is 0 Å². The molecule has 4 aromatic carbocycles. The van der Waals surface area contributed by atoms with Gasteiger partial charge in [-0.15, -0.1) is 0 Å². The number of rotatable bonds is 14. The Hall–Kier alpha value is -5.82. The van der Waals surface area contributed by atoms with Crippen LogP contribution in [0.2, 0.25) is 0 Å². The van der Waals surface area contributed by atoms with Gasteiger partial charge in [-0.25, -0.2) is 0 Å². The maximum atomic E-state index is 14.5. The van der Waals surface area contributed by atoms with Gasteiger partial charge in [0, 0.05) is 84.5 Å². The molecule has 13 heteroatoms. The summed E-state index contributed by atoms with van der Waals surface area (Å²) in [6.45, 7) is 6.11. The van der Waals surface area contributed by atoms with Crippen LogP contribution in [0.3, 0.4) is 0 Å². The highest BCUT2D eigenvalue weighted by Gasteiger charge is 2.32. The Morgan fingerprint density at radius 1 is 0.772 bits per heavy atom. The Kier molecular flexibility index (Phi) is 13.2. The second-order valence-corrected chi connectivity index (χ2v) is 14.5. The van der Waals surface area contributed by atoms with Gasteiger partial charge in [-0.05, 0) is 71.8 Å². The number of carbonyl (C=O) groups excluding carboxylic acids is 3. The Bertz CT molecular complexity index is 2020. The normalized spacial score (nSPS) is 14.6.